The van der Waals surface area contributed by atoms with Crippen molar-refractivity contribution in [1.29, 1.82) is 0 Å². The Morgan fingerprint density at radius 1 is 1.22 bits per heavy atom. The van der Waals surface area contributed by atoms with Gasteiger partial charge in [0.15, 0.2) is 0 Å². The van der Waals surface area contributed by atoms with Gasteiger partial charge in [-0.15, -0.1) is 11.3 Å². The topological polar surface area (TPSA) is 49.6 Å². The van der Waals surface area contributed by atoms with Crippen molar-refractivity contribution in [3.05, 3.63) is 58.8 Å². The summed E-state index contributed by atoms with van der Waals surface area (Å²) in [6.07, 6.45) is 0. The number of anilines is 1. The molecule has 27 heavy (non-hydrogen) atoms. The summed E-state index contributed by atoms with van der Waals surface area (Å²) in [5.74, 6) is 1.61. The van der Waals surface area contributed by atoms with Crippen LogP contribution in [0, 0.1) is 13.8 Å². The van der Waals surface area contributed by atoms with E-state index in [0.29, 0.717) is 25.5 Å². The first-order valence-electron chi connectivity index (χ1n) is 9.13. The summed E-state index contributed by atoms with van der Waals surface area (Å²) >= 11 is 1.61. The highest BCUT2D eigenvalue weighted by Gasteiger charge is 2.31. The molecule has 1 unspecified atom stereocenters. The molecule has 4 rings (SSSR count). The monoisotopic (exact) mass is 381 g/mol. The molecular formula is C21H23N3O2S. The van der Waals surface area contributed by atoms with E-state index in [9.17, 15) is 4.79 Å². The third-order valence-corrected chi connectivity index (χ3v) is 5.95. The third kappa shape index (κ3) is 3.55. The van der Waals surface area contributed by atoms with Crippen LogP contribution in [0.2, 0.25) is 0 Å². The number of benzene rings is 1. The molecule has 1 atom stereocenters. The molecule has 1 saturated heterocycles. The number of amides is 1. The number of nitrogens with zero attached hydrogens (tertiary/aromatic N) is 3. The maximum Gasteiger partial charge on any atom is 0.241 e. The zero-order chi connectivity index (χ0) is 19.0. The molecule has 1 amide bonds. The van der Waals surface area contributed by atoms with Gasteiger partial charge in [-0.2, -0.15) is 0 Å². The van der Waals surface area contributed by atoms with E-state index < -0.39 is 0 Å². The average Bonchev–Trinajstić information content (AvgIpc) is 3.29. The van der Waals surface area contributed by atoms with Crippen LogP contribution in [0.5, 0.6) is 0 Å². The van der Waals surface area contributed by atoms with Crippen molar-refractivity contribution in [3.63, 3.8) is 0 Å². The SMILES string of the molecule is Cc1ccccc1N1CC(C)N(Cc2nc(-c3cccs3)oc2C)CC1=O. The van der Waals surface area contributed by atoms with Crippen LogP contribution >= 0.6 is 11.3 Å². The lowest BCUT2D eigenvalue weighted by atomic mass is 10.1. The Labute approximate surface area is 163 Å². The lowest BCUT2D eigenvalue weighted by Crippen LogP contribution is -2.55. The van der Waals surface area contributed by atoms with Gasteiger partial charge < -0.3 is 9.32 Å². The number of carbonyl (C=O) groups is 1. The highest BCUT2D eigenvalue weighted by molar-refractivity contribution is 7.13. The van der Waals surface area contributed by atoms with Gasteiger partial charge in [0.2, 0.25) is 11.8 Å². The zero-order valence-corrected chi connectivity index (χ0v) is 16.6. The summed E-state index contributed by atoms with van der Waals surface area (Å²) in [6.45, 7) is 7.83. The molecule has 0 N–H and O–H groups in total. The first-order chi connectivity index (χ1) is 13.0. The van der Waals surface area contributed by atoms with Gasteiger partial charge in [-0.05, 0) is 43.8 Å². The fourth-order valence-electron chi connectivity index (χ4n) is 3.48. The number of aryl methyl sites for hydroxylation is 2. The smallest absolute Gasteiger partial charge is 0.241 e. The Morgan fingerprint density at radius 3 is 2.78 bits per heavy atom. The predicted molar refractivity (Wildman–Crippen MR) is 108 cm³/mol. The lowest BCUT2D eigenvalue weighted by molar-refractivity contribution is -0.122. The normalized spacial score (nSPS) is 18.3. The van der Waals surface area contributed by atoms with Crippen LogP contribution in [-0.4, -0.2) is 34.9 Å². The summed E-state index contributed by atoms with van der Waals surface area (Å²) in [6, 6.07) is 12.3. The van der Waals surface area contributed by atoms with Gasteiger partial charge in [-0.3, -0.25) is 9.69 Å². The molecule has 0 saturated carbocycles. The Morgan fingerprint density at radius 2 is 2.04 bits per heavy atom. The van der Waals surface area contributed by atoms with E-state index in [1.807, 2.05) is 60.5 Å². The highest BCUT2D eigenvalue weighted by atomic mass is 32.1. The Balaban J connectivity index is 1.50. The van der Waals surface area contributed by atoms with Crippen molar-refractivity contribution in [2.24, 2.45) is 0 Å². The maximum atomic E-state index is 12.8. The fraction of sp³-hybridized carbons (Fsp3) is 0.333. The van der Waals surface area contributed by atoms with E-state index in [-0.39, 0.29) is 11.9 Å². The summed E-state index contributed by atoms with van der Waals surface area (Å²) < 4.78 is 5.85. The van der Waals surface area contributed by atoms with Gasteiger partial charge in [0, 0.05) is 24.8 Å². The molecule has 140 valence electrons. The average molecular weight is 382 g/mol. The number of para-hydroxylation sites is 1. The summed E-state index contributed by atoms with van der Waals surface area (Å²) in [4.78, 5) is 22.6. The van der Waals surface area contributed by atoms with E-state index in [1.165, 1.54) is 0 Å². The molecule has 3 heterocycles. The van der Waals surface area contributed by atoms with Gasteiger partial charge in [-0.25, -0.2) is 4.98 Å². The van der Waals surface area contributed by atoms with Crippen LogP contribution in [0.15, 0.2) is 46.2 Å². The maximum absolute atomic E-state index is 12.8. The number of piperazine rings is 1. The number of oxazole rings is 1. The van der Waals surface area contributed by atoms with Crippen LogP contribution in [-0.2, 0) is 11.3 Å². The molecular weight excluding hydrogens is 358 g/mol. The van der Waals surface area contributed by atoms with Crippen molar-refractivity contribution in [3.8, 4) is 10.8 Å². The largest absolute Gasteiger partial charge is 0.440 e. The quantitative estimate of drug-likeness (QED) is 0.678. The molecule has 6 heteroatoms. The number of carbonyl (C=O) groups excluding carboxylic acids is 1. The molecule has 0 bridgehead atoms. The summed E-state index contributed by atoms with van der Waals surface area (Å²) in [5, 5.41) is 2.01. The molecule has 0 spiro atoms. The van der Waals surface area contributed by atoms with E-state index in [4.69, 9.17) is 4.42 Å². The molecule has 1 fully saturated rings. The van der Waals surface area contributed by atoms with Gasteiger partial charge in [0.25, 0.3) is 0 Å². The van der Waals surface area contributed by atoms with Crippen LogP contribution < -0.4 is 4.90 Å². The van der Waals surface area contributed by atoms with Gasteiger partial charge in [0.1, 0.15) is 5.76 Å². The van der Waals surface area contributed by atoms with Crippen molar-refractivity contribution in [1.82, 2.24) is 9.88 Å². The Hall–Kier alpha value is -2.44. The fourth-order valence-corrected chi connectivity index (χ4v) is 4.13. The first-order valence-corrected chi connectivity index (χ1v) is 10.0. The number of hydrogen-bond acceptors (Lipinski definition) is 5. The van der Waals surface area contributed by atoms with Crippen molar-refractivity contribution in [2.75, 3.05) is 18.0 Å². The van der Waals surface area contributed by atoms with Crippen LogP contribution in [0.1, 0.15) is 23.9 Å². The second-order valence-electron chi connectivity index (χ2n) is 7.04. The van der Waals surface area contributed by atoms with Crippen molar-refractivity contribution < 1.29 is 9.21 Å². The summed E-state index contributed by atoms with van der Waals surface area (Å²) in [7, 11) is 0. The highest BCUT2D eigenvalue weighted by Crippen LogP contribution is 2.28. The number of aromatic nitrogens is 1. The van der Waals surface area contributed by atoms with Gasteiger partial charge in [-0.1, -0.05) is 24.3 Å². The predicted octanol–water partition coefficient (Wildman–Crippen LogP) is 4.26. The van der Waals surface area contributed by atoms with E-state index in [2.05, 4.69) is 16.8 Å². The van der Waals surface area contributed by atoms with Crippen molar-refractivity contribution in [2.45, 2.75) is 33.4 Å². The third-order valence-electron chi connectivity index (χ3n) is 5.09. The lowest BCUT2D eigenvalue weighted by Gasteiger charge is -2.39. The van der Waals surface area contributed by atoms with E-state index >= 15 is 0 Å². The van der Waals surface area contributed by atoms with Gasteiger partial charge in [0.05, 0.1) is 17.1 Å². The van der Waals surface area contributed by atoms with Crippen LogP contribution in [0.4, 0.5) is 5.69 Å². The number of rotatable bonds is 4. The molecule has 1 aliphatic heterocycles. The second-order valence-corrected chi connectivity index (χ2v) is 7.99. The minimum absolute atomic E-state index is 0.127. The van der Waals surface area contributed by atoms with E-state index in [0.717, 1.165) is 27.6 Å². The van der Waals surface area contributed by atoms with Crippen LogP contribution in [0.3, 0.4) is 0 Å². The zero-order valence-electron chi connectivity index (χ0n) is 15.8. The molecule has 5 nitrogen and oxygen atoms in total. The van der Waals surface area contributed by atoms with E-state index in [1.54, 1.807) is 11.3 Å². The number of hydrogen-bond donors (Lipinski definition) is 0. The second kappa shape index (κ2) is 7.29. The Bertz CT molecular complexity index is 948. The molecule has 3 aromatic rings. The van der Waals surface area contributed by atoms with Gasteiger partial charge >= 0.3 is 0 Å². The summed E-state index contributed by atoms with van der Waals surface area (Å²) in [5.41, 5.74) is 3.04. The standard InChI is InChI=1S/C21H23N3O2S/c1-14-7-4-5-8-18(14)24-11-15(2)23(13-20(24)25)12-17-16(3)26-21(22-17)19-9-6-10-27-19/h4-10,15H,11-13H2,1-3H3. The first kappa shape index (κ1) is 17.9. The molecule has 0 aliphatic carbocycles. The molecule has 1 aliphatic rings. The molecule has 0 radical (unpaired) electrons. The van der Waals surface area contributed by atoms with Crippen molar-refractivity contribution >= 4 is 22.9 Å². The minimum Gasteiger partial charge on any atom is -0.440 e. The minimum atomic E-state index is 0.127. The molecule has 1 aromatic carbocycles. The van der Waals surface area contributed by atoms with Crippen LogP contribution in [0.25, 0.3) is 10.8 Å². The molecule has 2 aromatic heterocycles. The number of thiophene rings is 1. The Kier molecular flexibility index (Phi) is 4.85.